The van der Waals surface area contributed by atoms with Crippen molar-refractivity contribution in [3.63, 3.8) is 0 Å². The monoisotopic (exact) mass is 222 g/mol. The van der Waals surface area contributed by atoms with Gasteiger partial charge in [0, 0.05) is 18.0 Å². The van der Waals surface area contributed by atoms with Crippen LogP contribution in [0.1, 0.15) is 39.0 Å². The van der Waals surface area contributed by atoms with Crippen molar-refractivity contribution in [2.45, 2.75) is 45.1 Å². The molecule has 16 heavy (non-hydrogen) atoms. The first-order chi connectivity index (χ1) is 7.69. The van der Waals surface area contributed by atoms with Gasteiger partial charge >= 0.3 is 0 Å². The molecule has 2 saturated heterocycles. The fourth-order valence-corrected chi connectivity index (χ4v) is 3.71. The van der Waals surface area contributed by atoms with Crippen molar-refractivity contribution in [1.29, 1.82) is 0 Å². The molecule has 1 saturated carbocycles. The third-order valence-electron chi connectivity index (χ3n) is 4.89. The van der Waals surface area contributed by atoms with Crippen LogP contribution in [-0.2, 0) is 4.79 Å². The Morgan fingerprint density at radius 3 is 2.62 bits per heavy atom. The van der Waals surface area contributed by atoms with E-state index in [0.717, 1.165) is 38.4 Å². The zero-order valence-electron chi connectivity index (χ0n) is 10.2. The zero-order chi connectivity index (χ0) is 11.2. The van der Waals surface area contributed by atoms with Crippen molar-refractivity contribution >= 4 is 5.91 Å². The molecule has 3 heteroatoms. The Hall–Kier alpha value is -0.570. The van der Waals surface area contributed by atoms with Crippen molar-refractivity contribution in [1.82, 2.24) is 10.2 Å². The van der Waals surface area contributed by atoms with Gasteiger partial charge in [-0.15, -0.1) is 0 Å². The summed E-state index contributed by atoms with van der Waals surface area (Å²) in [6.07, 6.45) is 5.91. The van der Waals surface area contributed by atoms with E-state index in [9.17, 15) is 4.79 Å². The van der Waals surface area contributed by atoms with E-state index in [2.05, 4.69) is 17.1 Å². The highest BCUT2D eigenvalue weighted by Crippen LogP contribution is 2.41. The average molecular weight is 222 g/mol. The lowest BCUT2D eigenvalue weighted by molar-refractivity contribution is -0.144. The largest absolute Gasteiger partial charge is 0.339 e. The molecule has 3 rings (SSSR count). The van der Waals surface area contributed by atoms with E-state index in [1.54, 1.807) is 0 Å². The molecule has 0 aromatic carbocycles. The minimum Gasteiger partial charge on any atom is -0.339 e. The van der Waals surface area contributed by atoms with Gasteiger partial charge in [0.05, 0.1) is 0 Å². The third-order valence-corrected chi connectivity index (χ3v) is 4.89. The molecule has 2 unspecified atom stereocenters. The van der Waals surface area contributed by atoms with Gasteiger partial charge in [0.15, 0.2) is 0 Å². The summed E-state index contributed by atoms with van der Waals surface area (Å²) >= 11 is 0. The van der Waals surface area contributed by atoms with Gasteiger partial charge in [-0.05, 0) is 51.1 Å². The van der Waals surface area contributed by atoms with Crippen LogP contribution in [0.4, 0.5) is 0 Å². The smallest absolute Gasteiger partial charge is 0.228 e. The standard InChI is InChI=1S/C13H22N2O/c1-13(4-6-14-7-5-13)12(16)15-9-10-2-3-11(15)8-10/h10-11,14H,2-9H2,1H3. The molecule has 2 atom stereocenters. The minimum absolute atomic E-state index is 0.0737. The molecule has 2 aliphatic heterocycles. The van der Waals surface area contributed by atoms with E-state index in [0.29, 0.717) is 11.9 Å². The van der Waals surface area contributed by atoms with Crippen LogP contribution >= 0.6 is 0 Å². The van der Waals surface area contributed by atoms with E-state index >= 15 is 0 Å². The highest BCUT2D eigenvalue weighted by molar-refractivity contribution is 5.83. The van der Waals surface area contributed by atoms with Gasteiger partial charge in [0.25, 0.3) is 0 Å². The molecule has 3 nitrogen and oxygen atoms in total. The predicted molar refractivity (Wildman–Crippen MR) is 63.1 cm³/mol. The number of carbonyl (C=O) groups excluding carboxylic acids is 1. The molecule has 1 N–H and O–H groups in total. The second-order valence-electron chi connectivity index (χ2n) is 6.10. The topological polar surface area (TPSA) is 32.3 Å². The van der Waals surface area contributed by atoms with Crippen LogP contribution in [0.2, 0.25) is 0 Å². The molecule has 0 aromatic heterocycles. The number of amides is 1. The highest BCUT2D eigenvalue weighted by Gasteiger charge is 2.46. The van der Waals surface area contributed by atoms with E-state index in [1.165, 1.54) is 19.3 Å². The van der Waals surface area contributed by atoms with Crippen molar-refractivity contribution in [2.75, 3.05) is 19.6 Å². The summed E-state index contributed by atoms with van der Waals surface area (Å²) in [7, 11) is 0. The Labute approximate surface area is 97.6 Å². The van der Waals surface area contributed by atoms with Gasteiger partial charge in [-0.2, -0.15) is 0 Å². The summed E-state index contributed by atoms with van der Waals surface area (Å²) in [5.74, 6) is 1.26. The lowest BCUT2D eigenvalue weighted by atomic mass is 9.79. The van der Waals surface area contributed by atoms with E-state index in [-0.39, 0.29) is 5.41 Å². The highest BCUT2D eigenvalue weighted by atomic mass is 16.2. The normalized spacial score (nSPS) is 36.7. The first-order valence-corrected chi connectivity index (χ1v) is 6.71. The first kappa shape index (κ1) is 10.6. The Kier molecular flexibility index (Phi) is 2.46. The number of hydrogen-bond acceptors (Lipinski definition) is 2. The molecule has 0 aromatic rings. The summed E-state index contributed by atoms with van der Waals surface area (Å²) in [6.45, 7) is 5.23. The van der Waals surface area contributed by atoms with Crippen LogP contribution in [0.5, 0.6) is 0 Å². The molecule has 2 heterocycles. The van der Waals surface area contributed by atoms with Crippen LogP contribution in [-0.4, -0.2) is 36.5 Å². The number of likely N-dealkylation sites (tertiary alicyclic amines) is 1. The zero-order valence-corrected chi connectivity index (χ0v) is 10.2. The molecular weight excluding hydrogens is 200 g/mol. The lowest BCUT2D eigenvalue weighted by Gasteiger charge is -2.39. The van der Waals surface area contributed by atoms with Gasteiger partial charge in [0.2, 0.25) is 5.91 Å². The van der Waals surface area contributed by atoms with Crippen LogP contribution in [0.3, 0.4) is 0 Å². The van der Waals surface area contributed by atoms with Gasteiger partial charge in [-0.3, -0.25) is 4.79 Å². The van der Waals surface area contributed by atoms with E-state index in [1.807, 2.05) is 0 Å². The van der Waals surface area contributed by atoms with Crippen LogP contribution in [0.15, 0.2) is 0 Å². The SMILES string of the molecule is CC1(C(=O)N2CC3CCC2C3)CCNCC1. The Morgan fingerprint density at radius 1 is 1.31 bits per heavy atom. The molecular formula is C13H22N2O. The maximum absolute atomic E-state index is 12.6. The van der Waals surface area contributed by atoms with Crippen molar-refractivity contribution in [2.24, 2.45) is 11.3 Å². The second kappa shape index (κ2) is 3.73. The van der Waals surface area contributed by atoms with Crippen LogP contribution in [0, 0.1) is 11.3 Å². The van der Waals surface area contributed by atoms with Gasteiger partial charge in [-0.1, -0.05) is 6.92 Å². The van der Waals surface area contributed by atoms with Crippen molar-refractivity contribution in [3.05, 3.63) is 0 Å². The maximum Gasteiger partial charge on any atom is 0.228 e. The summed E-state index contributed by atoms with van der Waals surface area (Å²) in [5.41, 5.74) is -0.0737. The van der Waals surface area contributed by atoms with Crippen LogP contribution in [0.25, 0.3) is 0 Å². The first-order valence-electron chi connectivity index (χ1n) is 6.71. The van der Waals surface area contributed by atoms with Crippen molar-refractivity contribution in [3.8, 4) is 0 Å². The molecule has 0 radical (unpaired) electrons. The summed E-state index contributed by atoms with van der Waals surface area (Å²) in [5, 5.41) is 3.35. The van der Waals surface area contributed by atoms with E-state index < -0.39 is 0 Å². The number of nitrogens with zero attached hydrogens (tertiary/aromatic N) is 1. The third kappa shape index (κ3) is 1.56. The molecule has 0 spiro atoms. The minimum atomic E-state index is -0.0737. The number of carbonyl (C=O) groups is 1. The lowest BCUT2D eigenvalue weighted by Crippen LogP contribution is -2.50. The number of piperidine rings is 2. The summed E-state index contributed by atoms with van der Waals surface area (Å²) < 4.78 is 0. The molecule has 1 aliphatic carbocycles. The second-order valence-corrected chi connectivity index (χ2v) is 6.10. The molecule has 90 valence electrons. The molecule has 3 fully saturated rings. The van der Waals surface area contributed by atoms with Gasteiger partial charge < -0.3 is 10.2 Å². The average Bonchev–Trinajstić information content (AvgIpc) is 2.90. The fraction of sp³-hybridized carbons (Fsp3) is 0.923. The summed E-state index contributed by atoms with van der Waals surface area (Å²) in [4.78, 5) is 14.8. The molecule has 1 amide bonds. The van der Waals surface area contributed by atoms with Gasteiger partial charge in [0.1, 0.15) is 0 Å². The molecule has 2 bridgehead atoms. The number of fused-ring (bicyclic) bond motifs is 2. The molecule has 3 aliphatic rings. The van der Waals surface area contributed by atoms with Crippen LogP contribution < -0.4 is 5.32 Å². The predicted octanol–water partition coefficient (Wildman–Crippen LogP) is 1.39. The number of rotatable bonds is 1. The quantitative estimate of drug-likeness (QED) is 0.727. The fourth-order valence-electron chi connectivity index (χ4n) is 3.71. The van der Waals surface area contributed by atoms with Crippen molar-refractivity contribution < 1.29 is 4.79 Å². The van der Waals surface area contributed by atoms with Gasteiger partial charge in [-0.25, -0.2) is 0 Å². The Balaban J connectivity index is 1.72. The number of hydrogen-bond donors (Lipinski definition) is 1. The maximum atomic E-state index is 12.6. The number of nitrogens with one attached hydrogen (secondary N) is 1. The Bertz CT molecular complexity index is 296. The Morgan fingerprint density at radius 2 is 2.06 bits per heavy atom. The van der Waals surface area contributed by atoms with E-state index in [4.69, 9.17) is 0 Å². The summed E-state index contributed by atoms with van der Waals surface area (Å²) in [6, 6.07) is 0.587.